The largest absolute Gasteiger partial charge is 0.497 e. The predicted octanol–water partition coefficient (Wildman–Crippen LogP) is 2.37. The summed E-state index contributed by atoms with van der Waals surface area (Å²) in [5.74, 6) is -0.160. The minimum Gasteiger partial charge on any atom is -0.497 e. The number of hydrogen-bond donors (Lipinski definition) is 2. The molecular weight excluding hydrogens is 222 g/mol. The Labute approximate surface area is 98.2 Å². The van der Waals surface area contributed by atoms with Gasteiger partial charge in [0.1, 0.15) is 5.75 Å². The van der Waals surface area contributed by atoms with E-state index in [1.165, 1.54) is 0 Å². The molecule has 0 saturated heterocycles. The van der Waals surface area contributed by atoms with Gasteiger partial charge < -0.3 is 9.84 Å². The number of nitrogens with zero attached hydrogens (tertiary/aromatic N) is 2. The number of hydrogen-bond acceptors (Lipinski definition) is 3. The van der Waals surface area contributed by atoms with Crippen molar-refractivity contribution >= 4 is 5.97 Å². The Balaban J connectivity index is 0.000000437. The van der Waals surface area contributed by atoms with Crippen LogP contribution < -0.4 is 4.74 Å². The third-order valence-electron chi connectivity index (χ3n) is 2.70. The lowest BCUT2D eigenvalue weighted by molar-refractivity contribution is -0.141. The van der Waals surface area contributed by atoms with Crippen molar-refractivity contribution in [2.75, 3.05) is 7.11 Å². The van der Waals surface area contributed by atoms with Gasteiger partial charge in [-0.15, -0.1) is 5.53 Å². The lowest BCUT2D eigenvalue weighted by Gasteiger charge is -2.02. The first-order valence-electron chi connectivity index (χ1n) is 5.01. The second-order valence-electron chi connectivity index (χ2n) is 3.68. The maximum Gasteiger partial charge on any atom is 0.307 e. The molecule has 0 amide bonds. The van der Waals surface area contributed by atoms with Gasteiger partial charge in [0.25, 0.3) is 0 Å². The molecule has 0 heterocycles. The normalized spacial score (nSPS) is 16.2. The molecule has 0 bridgehead atoms. The van der Waals surface area contributed by atoms with Crippen molar-refractivity contribution in [3.8, 4) is 5.75 Å². The molecule has 1 unspecified atom stereocenters. The Kier molecular flexibility index (Phi) is 4.37. The first-order valence-corrected chi connectivity index (χ1v) is 5.01. The number of fused-ring (bicyclic) bond motifs is 1. The van der Waals surface area contributed by atoms with E-state index >= 15 is 0 Å². The third kappa shape index (κ3) is 3.12. The van der Waals surface area contributed by atoms with Crippen LogP contribution in [0.5, 0.6) is 5.75 Å². The Morgan fingerprint density at radius 3 is 2.65 bits per heavy atom. The number of carbonyl (C=O) groups is 1. The van der Waals surface area contributed by atoms with Crippen molar-refractivity contribution in [1.29, 1.82) is 5.53 Å². The highest BCUT2D eigenvalue weighted by atomic mass is 16.5. The van der Waals surface area contributed by atoms with Gasteiger partial charge in [-0.05, 0) is 46.5 Å². The fourth-order valence-corrected chi connectivity index (χ4v) is 1.90. The van der Waals surface area contributed by atoms with Crippen LogP contribution in [0, 0.1) is 11.4 Å². The third-order valence-corrected chi connectivity index (χ3v) is 2.70. The monoisotopic (exact) mass is 235 g/mol. The zero-order valence-electron chi connectivity index (χ0n) is 9.38. The molecule has 0 aliphatic heterocycles. The molecule has 1 aliphatic rings. The van der Waals surface area contributed by atoms with Crippen LogP contribution in [0.4, 0.5) is 0 Å². The van der Waals surface area contributed by atoms with Gasteiger partial charge in [-0.2, -0.15) is 0 Å². The molecule has 0 fully saturated rings. The summed E-state index contributed by atoms with van der Waals surface area (Å²) in [6.45, 7) is 0. The number of benzene rings is 1. The van der Waals surface area contributed by atoms with Crippen molar-refractivity contribution in [3.05, 3.63) is 39.8 Å². The number of methoxy groups -OCH3 is 1. The Morgan fingerprint density at radius 2 is 2.12 bits per heavy atom. The minimum absolute atomic E-state index is 0.253. The molecular formula is C11H13N3O3. The van der Waals surface area contributed by atoms with E-state index in [1.54, 1.807) is 12.0 Å². The van der Waals surface area contributed by atoms with Gasteiger partial charge in [0.05, 0.1) is 13.0 Å². The lowest BCUT2D eigenvalue weighted by Crippen LogP contribution is -2.12. The molecule has 1 aromatic carbocycles. The average molecular weight is 235 g/mol. The van der Waals surface area contributed by atoms with Crippen molar-refractivity contribution in [3.63, 3.8) is 0 Å². The zero-order chi connectivity index (χ0) is 12.8. The summed E-state index contributed by atoms with van der Waals surface area (Å²) in [6, 6.07) is 5.76. The Morgan fingerprint density at radius 1 is 1.53 bits per heavy atom. The summed E-state index contributed by atoms with van der Waals surface area (Å²) in [5, 5.41) is 8.88. The highest BCUT2D eigenvalue weighted by molar-refractivity contribution is 5.72. The standard InChI is InChI=1S/C11H12O3.HN3/c1-14-10-3-2-7-4-9(11(12)13)5-8(7)6-10;1-3-2/h2-3,6,9H,4-5H2,1H3,(H,12,13);1H. The number of ether oxygens (including phenoxy) is 1. The first-order chi connectivity index (χ1) is 8.12. The summed E-state index contributed by atoms with van der Waals surface area (Å²) in [6.07, 6.45) is 1.27. The quantitative estimate of drug-likeness (QED) is 0.466. The Bertz CT molecular complexity index is 453. The van der Waals surface area contributed by atoms with Gasteiger partial charge in [0.15, 0.2) is 0 Å². The maximum atomic E-state index is 10.8. The number of carboxylic acid groups (broad SMARTS) is 1. The number of aliphatic carboxylic acids is 1. The van der Waals surface area contributed by atoms with E-state index in [0.717, 1.165) is 16.9 Å². The van der Waals surface area contributed by atoms with Crippen LogP contribution in [-0.4, -0.2) is 18.2 Å². The van der Waals surface area contributed by atoms with Crippen molar-refractivity contribution < 1.29 is 14.6 Å². The molecule has 6 heteroatoms. The zero-order valence-corrected chi connectivity index (χ0v) is 9.38. The van der Waals surface area contributed by atoms with Crippen LogP contribution in [0.3, 0.4) is 0 Å². The van der Waals surface area contributed by atoms with Crippen LogP contribution in [0.15, 0.2) is 18.2 Å². The van der Waals surface area contributed by atoms with Crippen LogP contribution in [0.1, 0.15) is 11.1 Å². The van der Waals surface area contributed by atoms with Crippen molar-refractivity contribution in [1.82, 2.24) is 0 Å². The summed E-state index contributed by atoms with van der Waals surface area (Å²) < 4.78 is 5.09. The van der Waals surface area contributed by atoms with Gasteiger partial charge in [-0.3, -0.25) is 4.79 Å². The molecule has 1 aliphatic carbocycles. The molecule has 0 spiro atoms. The molecule has 1 aromatic rings. The highest BCUT2D eigenvalue weighted by Gasteiger charge is 2.27. The summed E-state index contributed by atoms with van der Waals surface area (Å²) in [7, 11) is 1.62. The maximum absolute atomic E-state index is 10.8. The number of carboxylic acids is 1. The number of nitrogens with one attached hydrogen (secondary N) is 1. The van der Waals surface area contributed by atoms with Crippen LogP contribution in [0.2, 0.25) is 0 Å². The van der Waals surface area contributed by atoms with Gasteiger partial charge in [0, 0.05) is 0 Å². The number of rotatable bonds is 2. The van der Waals surface area contributed by atoms with Gasteiger partial charge in [0.2, 0.25) is 0 Å². The van der Waals surface area contributed by atoms with Gasteiger partial charge >= 0.3 is 5.97 Å². The van der Waals surface area contributed by atoms with Crippen LogP contribution in [0.25, 0.3) is 10.4 Å². The van der Waals surface area contributed by atoms with Gasteiger partial charge in [-0.1, -0.05) is 6.07 Å². The molecule has 90 valence electrons. The summed E-state index contributed by atoms with van der Waals surface area (Å²) in [4.78, 5) is 12.5. The molecule has 2 rings (SSSR count). The van der Waals surface area contributed by atoms with Crippen molar-refractivity contribution in [2.24, 2.45) is 5.92 Å². The van der Waals surface area contributed by atoms with E-state index in [1.807, 2.05) is 18.2 Å². The molecule has 0 radical (unpaired) electrons. The molecule has 17 heavy (non-hydrogen) atoms. The fraction of sp³-hybridized carbons (Fsp3) is 0.364. The average Bonchev–Trinajstić information content (AvgIpc) is 2.72. The van der Waals surface area contributed by atoms with Gasteiger partial charge in [-0.25, -0.2) is 0 Å². The molecule has 0 aromatic heterocycles. The topological polar surface area (TPSA) is 107 Å². The minimum atomic E-state index is -0.708. The van der Waals surface area contributed by atoms with Crippen molar-refractivity contribution in [2.45, 2.75) is 12.8 Å². The first kappa shape index (κ1) is 12.9. The molecule has 0 saturated carbocycles. The SMILES string of the molecule is COc1ccc2c(c1)CC(C(=O)O)C2.[N-]=[N+]=N. The molecule has 1 atom stereocenters. The molecule has 6 nitrogen and oxygen atoms in total. The van der Waals surface area contributed by atoms with Crippen LogP contribution in [-0.2, 0) is 17.6 Å². The lowest BCUT2D eigenvalue weighted by atomic mass is 10.1. The van der Waals surface area contributed by atoms with E-state index in [0.29, 0.717) is 12.8 Å². The Hall–Kier alpha value is -2.20. The summed E-state index contributed by atoms with van der Waals surface area (Å²) in [5.41, 5.74) is 14.5. The second-order valence-corrected chi connectivity index (χ2v) is 3.68. The van der Waals surface area contributed by atoms with E-state index in [2.05, 4.69) is 0 Å². The highest BCUT2D eigenvalue weighted by Crippen LogP contribution is 2.29. The summed E-state index contributed by atoms with van der Waals surface area (Å²) >= 11 is 0. The fourth-order valence-electron chi connectivity index (χ4n) is 1.90. The second kappa shape index (κ2) is 5.77. The molecule has 2 N–H and O–H groups in total. The van der Waals surface area contributed by atoms with E-state index in [4.69, 9.17) is 20.9 Å². The van der Waals surface area contributed by atoms with E-state index in [9.17, 15) is 4.79 Å². The smallest absolute Gasteiger partial charge is 0.307 e. The van der Waals surface area contributed by atoms with E-state index < -0.39 is 5.97 Å². The predicted molar refractivity (Wildman–Crippen MR) is 61.0 cm³/mol. The van der Waals surface area contributed by atoms with E-state index in [-0.39, 0.29) is 5.92 Å². The van der Waals surface area contributed by atoms with Crippen LogP contribution >= 0.6 is 0 Å².